The van der Waals surface area contributed by atoms with Crippen molar-refractivity contribution >= 4 is 5.97 Å². The molecule has 0 aromatic carbocycles. The average Bonchev–Trinajstić information content (AvgIpc) is 2.50. The third-order valence-electron chi connectivity index (χ3n) is 1.88. The van der Waals surface area contributed by atoms with Crippen molar-refractivity contribution in [2.75, 3.05) is 7.11 Å². The zero-order valence-electron chi connectivity index (χ0n) is 6.60. The van der Waals surface area contributed by atoms with Crippen molar-refractivity contribution in [1.29, 1.82) is 0 Å². The molecule has 0 fully saturated rings. The van der Waals surface area contributed by atoms with Gasteiger partial charge in [-0.15, -0.1) is 0 Å². The van der Waals surface area contributed by atoms with Gasteiger partial charge in [0.1, 0.15) is 5.92 Å². The van der Waals surface area contributed by atoms with Crippen LogP contribution in [0.2, 0.25) is 0 Å². The molecule has 0 N–H and O–H groups in total. The van der Waals surface area contributed by atoms with E-state index < -0.39 is 22.9 Å². The molecule has 1 rings (SSSR count). The molecule has 0 bridgehead atoms. The molecule has 1 aliphatic rings. The molecule has 0 aromatic rings. The van der Waals surface area contributed by atoms with Crippen LogP contribution in [0.15, 0.2) is 12.2 Å². The maximum Gasteiger partial charge on any atom is 0.319 e. The molecule has 1 aliphatic carbocycles. The molecule has 12 heavy (non-hydrogen) atoms. The van der Waals surface area contributed by atoms with E-state index in [1.807, 2.05) is 0 Å². The molecule has 0 radical (unpaired) electrons. The molecule has 5 nitrogen and oxygen atoms in total. The van der Waals surface area contributed by atoms with Gasteiger partial charge < -0.3 is 4.74 Å². The van der Waals surface area contributed by atoms with Gasteiger partial charge in [-0.25, -0.2) is 0 Å². The predicted octanol–water partition coefficient (Wildman–Crippen LogP) is 0.381. The number of ether oxygens (including phenoxy) is 1. The van der Waals surface area contributed by atoms with Gasteiger partial charge in [0.15, 0.2) is 0 Å². The van der Waals surface area contributed by atoms with Gasteiger partial charge in [-0.3, -0.25) is 14.9 Å². The summed E-state index contributed by atoms with van der Waals surface area (Å²) in [4.78, 5) is 20.9. The first-order valence-corrected chi connectivity index (χ1v) is 3.55. The summed E-state index contributed by atoms with van der Waals surface area (Å²) >= 11 is 0. The Kier molecular flexibility index (Phi) is 2.42. The van der Waals surface area contributed by atoms with Crippen molar-refractivity contribution in [3.8, 4) is 0 Å². The van der Waals surface area contributed by atoms with Gasteiger partial charge in [-0.05, 0) is 0 Å². The Morgan fingerprint density at radius 1 is 1.75 bits per heavy atom. The number of nitrogens with zero attached hydrogens (tertiary/aromatic N) is 1. The van der Waals surface area contributed by atoms with Crippen LogP contribution < -0.4 is 0 Å². The van der Waals surface area contributed by atoms with Crippen LogP contribution in [0.3, 0.4) is 0 Å². The van der Waals surface area contributed by atoms with Gasteiger partial charge in [0, 0.05) is 11.3 Å². The predicted molar refractivity (Wildman–Crippen MR) is 40.0 cm³/mol. The lowest BCUT2D eigenvalue weighted by Gasteiger charge is -2.08. The van der Waals surface area contributed by atoms with Gasteiger partial charge in [0.05, 0.1) is 7.11 Å². The van der Waals surface area contributed by atoms with Crippen molar-refractivity contribution in [3.05, 3.63) is 22.3 Å². The summed E-state index contributed by atoms with van der Waals surface area (Å²) in [5, 5.41) is 10.4. The van der Waals surface area contributed by atoms with Crippen molar-refractivity contribution in [2.45, 2.75) is 12.5 Å². The lowest BCUT2D eigenvalue weighted by Crippen LogP contribution is -2.30. The van der Waals surface area contributed by atoms with Crippen LogP contribution >= 0.6 is 0 Å². The standard InChI is InChI=1S/C7H9NO4/c1-12-7(9)5-3-2-4-6(5)8(10)11/h2-3,5-6H,4H2,1H3. The van der Waals surface area contributed by atoms with Gasteiger partial charge in [0.25, 0.3) is 0 Å². The fraction of sp³-hybridized carbons (Fsp3) is 0.571. The zero-order chi connectivity index (χ0) is 9.14. The molecule has 0 saturated heterocycles. The summed E-state index contributed by atoms with van der Waals surface area (Å²) in [7, 11) is 1.23. The van der Waals surface area contributed by atoms with Gasteiger partial charge in [0.2, 0.25) is 6.04 Å². The molecule has 0 heterocycles. The Labute approximate surface area is 69.2 Å². The third kappa shape index (κ3) is 1.44. The number of hydrogen-bond donors (Lipinski definition) is 0. The Hall–Kier alpha value is -1.39. The first kappa shape index (κ1) is 8.70. The molecular weight excluding hydrogens is 162 g/mol. The highest BCUT2D eigenvalue weighted by molar-refractivity contribution is 5.75. The second-order valence-electron chi connectivity index (χ2n) is 2.57. The Morgan fingerprint density at radius 3 is 2.92 bits per heavy atom. The molecule has 0 aliphatic heterocycles. The normalized spacial score (nSPS) is 27.1. The largest absolute Gasteiger partial charge is 0.468 e. The van der Waals surface area contributed by atoms with E-state index in [1.165, 1.54) is 13.2 Å². The first-order valence-electron chi connectivity index (χ1n) is 3.55. The van der Waals surface area contributed by atoms with Crippen molar-refractivity contribution < 1.29 is 14.5 Å². The van der Waals surface area contributed by atoms with Crippen molar-refractivity contribution in [3.63, 3.8) is 0 Å². The summed E-state index contributed by atoms with van der Waals surface area (Å²) in [6, 6.07) is -0.836. The number of rotatable bonds is 2. The van der Waals surface area contributed by atoms with Gasteiger partial charge >= 0.3 is 5.97 Å². The third-order valence-corrected chi connectivity index (χ3v) is 1.88. The number of carbonyl (C=O) groups excluding carboxylic acids is 1. The Bertz CT molecular complexity index is 236. The van der Waals surface area contributed by atoms with E-state index in [2.05, 4.69) is 4.74 Å². The van der Waals surface area contributed by atoms with Gasteiger partial charge in [-0.1, -0.05) is 12.2 Å². The van der Waals surface area contributed by atoms with E-state index in [9.17, 15) is 14.9 Å². The molecular formula is C7H9NO4. The molecule has 0 aromatic heterocycles. The minimum Gasteiger partial charge on any atom is -0.468 e. The molecule has 0 saturated carbocycles. The van der Waals surface area contributed by atoms with Crippen LogP contribution in [0.5, 0.6) is 0 Å². The Balaban J connectivity index is 2.69. The lowest BCUT2D eigenvalue weighted by atomic mass is 10.1. The number of esters is 1. The van der Waals surface area contributed by atoms with Crippen LogP contribution in [0.4, 0.5) is 0 Å². The molecule has 66 valence electrons. The monoisotopic (exact) mass is 171 g/mol. The van der Waals surface area contributed by atoms with E-state index in [1.54, 1.807) is 6.08 Å². The highest BCUT2D eigenvalue weighted by Crippen LogP contribution is 2.21. The minimum absolute atomic E-state index is 0.312. The topological polar surface area (TPSA) is 69.4 Å². The van der Waals surface area contributed by atoms with Crippen LogP contribution in [0, 0.1) is 16.0 Å². The Morgan fingerprint density at radius 2 is 2.42 bits per heavy atom. The lowest BCUT2D eigenvalue weighted by molar-refractivity contribution is -0.525. The SMILES string of the molecule is COC(=O)C1C=CCC1[N+](=O)[O-]. The van der Waals surface area contributed by atoms with E-state index >= 15 is 0 Å². The molecule has 0 spiro atoms. The highest BCUT2D eigenvalue weighted by Gasteiger charge is 2.38. The summed E-state index contributed by atoms with van der Waals surface area (Å²) in [6.07, 6.45) is 3.47. The molecule has 0 amide bonds. The maximum atomic E-state index is 11.0. The number of nitro groups is 1. The smallest absolute Gasteiger partial charge is 0.319 e. The van der Waals surface area contributed by atoms with Gasteiger partial charge in [-0.2, -0.15) is 0 Å². The van der Waals surface area contributed by atoms with Crippen LogP contribution in [0.1, 0.15) is 6.42 Å². The van der Waals surface area contributed by atoms with E-state index in [4.69, 9.17) is 0 Å². The van der Waals surface area contributed by atoms with Crippen molar-refractivity contribution in [1.82, 2.24) is 0 Å². The summed E-state index contributed by atoms with van der Waals surface area (Å²) < 4.78 is 4.42. The van der Waals surface area contributed by atoms with Crippen LogP contribution in [-0.2, 0) is 9.53 Å². The average molecular weight is 171 g/mol. The minimum atomic E-state index is -0.836. The molecule has 2 unspecified atom stereocenters. The quantitative estimate of drug-likeness (QED) is 0.260. The first-order chi connectivity index (χ1) is 5.66. The molecule has 2 atom stereocenters. The van der Waals surface area contributed by atoms with Crippen LogP contribution in [0.25, 0.3) is 0 Å². The number of hydrogen-bond acceptors (Lipinski definition) is 4. The van der Waals surface area contributed by atoms with E-state index in [0.29, 0.717) is 6.42 Å². The summed E-state index contributed by atoms with van der Waals surface area (Å²) in [5.74, 6) is -1.24. The highest BCUT2D eigenvalue weighted by atomic mass is 16.6. The maximum absolute atomic E-state index is 11.0. The zero-order valence-corrected chi connectivity index (χ0v) is 6.60. The number of carbonyl (C=O) groups is 1. The van der Waals surface area contributed by atoms with E-state index in [0.717, 1.165) is 0 Å². The summed E-state index contributed by atoms with van der Waals surface area (Å²) in [6.45, 7) is 0. The van der Waals surface area contributed by atoms with Crippen LogP contribution in [-0.4, -0.2) is 24.0 Å². The van der Waals surface area contributed by atoms with Crippen molar-refractivity contribution in [2.24, 2.45) is 5.92 Å². The fourth-order valence-corrected chi connectivity index (χ4v) is 1.23. The second kappa shape index (κ2) is 3.34. The number of methoxy groups -OCH3 is 1. The fourth-order valence-electron chi connectivity index (χ4n) is 1.23. The molecule has 5 heteroatoms. The second-order valence-corrected chi connectivity index (χ2v) is 2.57. The summed E-state index contributed by atoms with van der Waals surface area (Å²) in [5.41, 5.74) is 0. The van der Waals surface area contributed by atoms with E-state index in [-0.39, 0.29) is 0 Å².